The summed E-state index contributed by atoms with van der Waals surface area (Å²) in [4.78, 5) is 16.5. The maximum Gasteiger partial charge on any atom is 0.244 e. The number of rotatable bonds is 5. The highest BCUT2D eigenvalue weighted by Crippen LogP contribution is 2.28. The summed E-state index contributed by atoms with van der Waals surface area (Å²) >= 11 is 1.71. The molecule has 0 aromatic carbocycles. The number of pyridine rings is 1. The fraction of sp³-hybridized carbons (Fsp3) is 0.579. The molecule has 0 saturated heterocycles. The van der Waals surface area contributed by atoms with Crippen LogP contribution in [0.2, 0.25) is 0 Å². The topological polar surface area (TPSA) is 62.2 Å². The van der Waals surface area contributed by atoms with Crippen LogP contribution in [-0.2, 0) is 4.79 Å². The molecule has 1 amide bonds. The second kappa shape index (κ2) is 8.67. The Hall–Kier alpha value is -1.33. The van der Waals surface area contributed by atoms with Gasteiger partial charge in [-0.15, -0.1) is 11.8 Å². The zero-order chi connectivity index (χ0) is 17.6. The lowest BCUT2D eigenvalue weighted by Crippen LogP contribution is -2.38. The maximum absolute atomic E-state index is 12.1. The van der Waals surface area contributed by atoms with E-state index in [1.165, 1.54) is 0 Å². The van der Waals surface area contributed by atoms with Crippen LogP contribution in [-0.4, -0.2) is 33.9 Å². The van der Waals surface area contributed by atoms with Gasteiger partial charge in [-0.2, -0.15) is 0 Å². The first-order chi connectivity index (χ1) is 11.3. The van der Waals surface area contributed by atoms with E-state index in [9.17, 15) is 9.90 Å². The van der Waals surface area contributed by atoms with Crippen LogP contribution in [0.1, 0.15) is 52.0 Å². The van der Waals surface area contributed by atoms with Gasteiger partial charge in [-0.3, -0.25) is 4.79 Å². The molecule has 1 saturated carbocycles. The van der Waals surface area contributed by atoms with Crippen molar-refractivity contribution in [1.82, 2.24) is 10.3 Å². The molecule has 2 rings (SSSR count). The number of aromatic nitrogens is 1. The molecular weight excluding hydrogens is 320 g/mol. The second-order valence-electron chi connectivity index (χ2n) is 7.61. The first kappa shape index (κ1) is 19.0. The monoisotopic (exact) mass is 348 g/mol. The van der Waals surface area contributed by atoms with E-state index in [4.69, 9.17) is 0 Å². The molecule has 1 fully saturated rings. The molecule has 0 spiro atoms. The number of thioether (sulfide) groups is 1. The van der Waals surface area contributed by atoms with Gasteiger partial charge in [-0.25, -0.2) is 4.98 Å². The standard InChI is InChI=1S/C19H28N2O2S/c1-19(2,3)13-24-18-14(6-5-11-20-18)9-10-17(23)21-15-7-4-8-16(22)12-15/h5-6,9-11,15-16,22H,4,7-8,12-13H2,1-3H3,(H,21,23)/b10-9+. The summed E-state index contributed by atoms with van der Waals surface area (Å²) in [6, 6.07) is 3.94. The molecule has 2 N–H and O–H groups in total. The van der Waals surface area contributed by atoms with Crippen LogP contribution in [0.5, 0.6) is 0 Å². The normalized spacial score (nSPS) is 21.8. The van der Waals surface area contributed by atoms with Gasteiger partial charge in [0, 0.05) is 29.6 Å². The van der Waals surface area contributed by atoms with Crippen molar-refractivity contribution in [3.8, 4) is 0 Å². The molecule has 0 radical (unpaired) electrons. The highest BCUT2D eigenvalue weighted by molar-refractivity contribution is 7.99. The number of aliphatic hydroxyl groups excluding tert-OH is 1. The molecular formula is C19H28N2O2S. The average Bonchev–Trinajstić information content (AvgIpc) is 2.51. The minimum absolute atomic E-state index is 0.0783. The Bertz CT molecular complexity index is 581. The van der Waals surface area contributed by atoms with Crippen molar-refractivity contribution in [3.63, 3.8) is 0 Å². The molecule has 5 heteroatoms. The largest absolute Gasteiger partial charge is 0.393 e. The molecule has 24 heavy (non-hydrogen) atoms. The summed E-state index contributed by atoms with van der Waals surface area (Å²) in [6.07, 6.45) is 8.29. The van der Waals surface area contributed by atoms with Crippen LogP contribution >= 0.6 is 11.8 Å². The lowest BCUT2D eigenvalue weighted by molar-refractivity contribution is -0.117. The van der Waals surface area contributed by atoms with Crippen molar-refractivity contribution in [2.75, 3.05) is 5.75 Å². The summed E-state index contributed by atoms with van der Waals surface area (Å²) in [5, 5.41) is 13.6. The Morgan fingerprint density at radius 1 is 1.46 bits per heavy atom. The predicted octanol–water partition coefficient (Wildman–Crippen LogP) is 3.65. The lowest BCUT2D eigenvalue weighted by Gasteiger charge is -2.26. The number of carbonyl (C=O) groups is 1. The van der Waals surface area contributed by atoms with Gasteiger partial charge in [0.25, 0.3) is 0 Å². The number of aliphatic hydroxyl groups is 1. The number of hydrogen-bond acceptors (Lipinski definition) is 4. The summed E-state index contributed by atoms with van der Waals surface area (Å²) in [6.45, 7) is 6.60. The molecule has 1 aliphatic rings. The first-order valence-electron chi connectivity index (χ1n) is 8.58. The Morgan fingerprint density at radius 2 is 2.25 bits per heavy atom. The van der Waals surface area contributed by atoms with Crippen LogP contribution in [0.3, 0.4) is 0 Å². The van der Waals surface area contributed by atoms with E-state index >= 15 is 0 Å². The highest BCUT2D eigenvalue weighted by Gasteiger charge is 2.20. The second-order valence-corrected chi connectivity index (χ2v) is 8.57. The van der Waals surface area contributed by atoms with Crippen LogP contribution in [0, 0.1) is 5.41 Å². The summed E-state index contributed by atoms with van der Waals surface area (Å²) < 4.78 is 0. The van der Waals surface area contributed by atoms with Crippen molar-refractivity contribution >= 4 is 23.7 Å². The third-order valence-electron chi connectivity index (χ3n) is 3.85. The fourth-order valence-corrected chi connectivity index (χ4v) is 3.65. The third-order valence-corrected chi connectivity index (χ3v) is 5.47. The van der Waals surface area contributed by atoms with Gasteiger partial charge in [-0.05, 0) is 43.2 Å². The van der Waals surface area contributed by atoms with E-state index < -0.39 is 0 Å². The van der Waals surface area contributed by atoms with Gasteiger partial charge in [-0.1, -0.05) is 26.8 Å². The van der Waals surface area contributed by atoms with Crippen molar-refractivity contribution in [1.29, 1.82) is 0 Å². The molecule has 2 unspecified atom stereocenters. The number of amides is 1. The minimum Gasteiger partial charge on any atom is -0.393 e. The van der Waals surface area contributed by atoms with E-state index in [-0.39, 0.29) is 23.5 Å². The predicted molar refractivity (Wildman–Crippen MR) is 99.9 cm³/mol. The molecule has 1 aliphatic carbocycles. The minimum atomic E-state index is -0.285. The summed E-state index contributed by atoms with van der Waals surface area (Å²) in [5.74, 6) is 0.863. The van der Waals surface area contributed by atoms with Crippen LogP contribution < -0.4 is 5.32 Å². The third kappa shape index (κ3) is 6.65. The number of carbonyl (C=O) groups excluding carboxylic acids is 1. The van der Waals surface area contributed by atoms with Crippen molar-refractivity contribution in [2.45, 2.75) is 63.6 Å². The zero-order valence-electron chi connectivity index (χ0n) is 14.8. The number of nitrogens with one attached hydrogen (secondary N) is 1. The average molecular weight is 349 g/mol. The van der Waals surface area contributed by atoms with Crippen molar-refractivity contribution < 1.29 is 9.90 Å². The Morgan fingerprint density at radius 3 is 2.96 bits per heavy atom. The first-order valence-corrected chi connectivity index (χ1v) is 9.56. The molecule has 4 nitrogen and oxygen atoms in total. The van der Waals surface area contributed by atoms with Crippen LogP contribution in [0.25, 0.3) is 6.08 Å². The molecule has 0 bridgehead atoms. The smallest absolute Gasteiger partial charge is 0.244 e. The SMILES string of the molecule is CC(C)(C)CSc1ncccc1/C=C/C(=O)NC1CCCC(O)C1. The number of nitrogens with zero attached hydrogens (tertiary/aromatic N) is 1. The van der Waals surface area contributed by atoms with E-state index in [1.54, 1.807) is 24.0 Å². The van der Waals surface area contributed by atoms with Crippen molar-refractivity contribution in [3.05, 3.63) is 30.0 Å². The van der Waals surface area contributed by atoms with Gasteiger partial charge in [0.15, 0.2) is 0 Å². The van der Waals surface area contributed by atoms with E-state index in [0.29, 0.717) is 6.42 Å². The quantitative estimate of drug-likeness (QED) is 0.630. The molecule has 1 aromatic rings. The summed E-state index contributed by atoms with van der Waals surface area (Å²) in [5.41, 5.74) is 1.19. The lowest BCUT2D eigenvalue weighted by atomic mass is 9.93. The van der Waals surface area contributed by atoms with Gasteiger partial charge < -0.3 is 10.4 Å². The Balaban J connectivity index is 1.94. The zero-order valence-corrected chi connectivity index (χ0v) is 15.6. The molecule has 1 aromatic heterocycles. The molecule has 132 valence electrons. The van der Waals surface area contributed by atoms with Gasteiger partial charge >= 0.3 is 0 Å². The van der Waals surface area contributed by atoms with Gasteiger partial charge in [0.05, 0.1) is 6.10 Å². The van der Waals surface area contributed by atoms with Gasteiger partial charge in [0.1, 0.15) is 5.03 Å². The molecule has 2 atom stereocenters. The molecule has 1 heterocycles. The Kier molecular flexibility index (Phi) is 6.87. The fourth-order valence-electron chi connectivity index (χ4n) is 2.65. The van der Waals surface area contributed by atoms with Crippen LogP contribution in [0.15, 0.2) is 29.4 Å². The summed E-state index contributed by atoms with van der Waals surface area (Å²) in [7, 11) is 0. The maximum atomic E-state index is 12.1. The van der Waals surface area contributed by atoms with E-state index in [0.717, 1.165) is 35.6 Å². The van der Waals surface area contributed by atoms with E-state index in [1.807, 2.05) is 18.2 Å². The highest BCUT2D eigenvalue weighted by atomic mass is 32.2. The molecule has 0 aliphatic heterocycles. The number of hydrogen-bond donors (Lipinski definition) is 2. The Labute approximate surface area is 149 Å². The van der Waals surface area contributed by atoms with E-state index in [2.05, 4.69) is 31.1 Å². The van der Waals surface area contributed by atoms with Crippen molar-refractivity contribution in [2.24, 2.45) is 5.41 Å². The van der Waals surface area contributed by atoms with Gasteiger partial charge in [0.2, 0.25) is 5.91 Å². The van der Waals surface area contributed by atoms with Crippen LogP contribution in [0.4, 0.5) is 0 Å².